The average Bonchev–Trinajstić information content (AvgIpc) is 3.25. The molecule has 0 spiro atoms. The Kier molecular flexibility index (Phi) is 4.87. The molecule has 2 aromatic rings. The summed E-state index contributed by atoms with van der Waals surface area (Å²) in [6, 6.07) is 7.46. The van der Waals surface area contributed by atoms with Gasteiger partial charge in [0.2, 0.25) is 0 Å². The Hall–Kier alpha value is -2.41. The molecule has 7 heteroatoms. The maximum Gasteiger partial charge on any atom is 0.321 e. The molecule has 7 nitrogen and oxygen atoms in total. The maximum absolute atomic E-state index is 12.3. The predicted molar refractivity (Wildman–Crippen MR) is 86.6 cm³/mol. The number of urea groups is 1. The van der Waals surface area contributed by atoms with Gasteiger partial charge in [-0.25, -0.2) is 9.48 Å². The largest absolute Gasteiger partial charge is 0.381 e. The molecule has 1 aliphatic rings. The first-order valence-electron chi connectivity index (χ1n) is 7.86. The van der Waals surface area contributed by atoms with E-state index in [-0.39, 0.29) is 6.03 Å². The van der Waals surface area contributed by atoms with Gasteiger partial charge in [0.25, 0.3) is 0 Å². The number of aromatic nitrogens is 3. The van der Waals surface area contributed by atoms with E-state index in [1.165, 1.54) is 0 Å². The summed E-state index contributed by atoms with van der Waals surface area (Å²) in [6.45, 7) is 4.97. The highest BCUT2D eigenvalue weighted by molar-refractivity contribution is 5.89. The van der Waals surface area contributed by atoms with E-state index in [0.29, 0.717) is 5.92 Å². The molecular weight excluding hydrogens is 294 g/mol. The zero-order valence-electron chi connectivity index (χ0n) is 13.2. The van der Waals surface area contributed by atoms with Gasteiger partial charge in [-0.3, -0.25) is 0 Å². The molecule has 1 atom stereocenters. The van der Waals surface area contributed by atoms with Crippen LogP contribution in [0.4, 0.5) is 10.5 Å². The van der Waals surface area contributed by atoms with Crippen molar-refractivity contribution in [2.75, 3.05) is 31.6 Å². The van der Waals surface area contributed by atoms with Crippen molar-refractivity contribution in [2.24, 2.45) is 5.92 Å². The lowest BCUT2D eigenvalue weighted by Gasteiger charge is -2.17. The molecule has 1 aliphatic heterocycles. The first-order valence-corrected chi connectivity index (χ1v) is 7.86. The van der Waals surface area contributed by atoms with Gasteiger partial charge < -0.3 is 15.0 Å². The van der Waals surface area contributed by atoms with Crippen molar-refractivity contribution in [2.45, 2.75) is 13.3 Å². The maximum atomic E-state index is 12.3. The summed E-state index contributed by atoms with van der Waals surface area (Å²) in [5.74, 6) is 0.440. The SMILES string of the molecule is CCOCC1CCN(C(=O)Nc2ccc(-n3ccnn3)cc2)C1. The summed E-state index contributed by atoms with van der Waals surface area (Å²) >= 11 is 0. The fourth-order valence-electron chi connectivity index (χ4n) is 2.68. The van der Waals surface area contributed by atoms with E-state index in [9.17, 15) is 4.79 Å². The monoisotopic (exact) mass is 315 g/mol. The number of nitrogens with zero attached hydrogens (tertiary/aromatic N) is 4. The van der Waals surface area contributed by atoms with Crippen LogP contribution in [0.2, 0.25) is 0 Å². The van der Waals surface area contributed by atoms with Crippen LogP contribution in [0.5, 0.6) is 0 Å². The molecule has 1 unspecified atom stereocenters. The molecule has 1 fully saturated rings. The molecule has 1 saturated heterocycles. The van der Waals surface area contributed by atoms with Crippen LogP contribution >= 0.6 is 0 Å². The third kappa shape index (κ3) is 3.87. The summed E-state index contributed by atoms with van der Waals surface area (Å²) in [5.41, 5.74) is 1.67. The zero-order valence-corrected chi connectivity index (χ0v) is 13.2. The molecule has 0 bridgehead atoms. The van der Waals surface area contributed by atoms with Crippen LogP contribution in [-0.2, 0) is 4.74 Å². The van der Waals surface area contributed by atoms with Gasteiger partial charge in [-0.05, 0) is 37.6 Å². The minimum absolute atomic E-state index is 0.0579. The molecule has 0 aliphatic carbocycles. The van der Waals surface area contributed by atoms with Gasteiger partial charge >= 0.3 is 6.03 Å². The Labute approximate surface area is 135 Å². The molecule has 2 amide bonds. The van der Waals surface area contributed by atoms with Crippen molar-refractivity contribution in [1.82, 2.24) is 19.9 Å². The van der Waals surface area contributed by atoms with Gasteiger partial charge in [0.15, 0.2) is 0 Å². The third-order valence-corrected chi connectivity index (χ3v) is 3.94. The topological polar surface area (TPSA) is 72.3 Å². The second-order valence-electron chi connectivity index (χ2n) is 5.58. The number of carbonyl (C=O) groups is 1. The van der Waals surface area contributed by atoms with E-state index in [0.717, 1.165) is 44.1 Å². The van der Waals surface area contributed by atoms with Gasteiger partial charge in [-0.15, -0.1) is 5.10 Å². The Bertz CT molecular complexity index is 626. The number of amides is 2. The van der Waals surface area contributed by atoms with E-state index in [4.69, 9.17) is 4.74 Å². The van der Waals surface area contributed by atoms with Crippen molar-refractivity contribution >= 4 is 11.7 Å². The standard InChI is InChI=1S/C16H21N5O2/c1-2-23-12-13-7-9-20(11-13)16(22)18-14-3-5-15(6-4-14)21-10-8-17-19-21/h3-6,8,10,13H,2,7,9,11-12H2,1H3,(H,18,22). The third-order valence-electron chi connectivity index (χ3n) is 3.94. The van der Waals surface area contributed by atoms with Crippen molar-refractivity contribution in [3.05, 3.63) is 36.7 Å². The number of rotatable bonds is 5. The summed E-state index contributed by atoms with van der Waals surface area (Å²) in [5, 5.41) is 10.6. The molecule has 0 saturated carbocycles. The van der Waals surface area contributed by atoms with Crippen LogP contribution in [0.25, 0.3) is 5.69 Å². The average molecular weight is 315 g/mol. The number of anilines is 1. The fourth-order valence-corrected chi connectivity index (χ4v) is 2.68. The fraction of sp³-hybridized carbons (Fsp3) is 0.438. The highest BCUT2D eigenvalue weighted by Gasteiger charge is 2.26. The van der Waals surface area contributed by atoms with E-state index in [2.05, 4.69) is 15.6 Å². The Morgan fingerprint density at radius 1 is 1.39 bits per heavy atom. The van der Waals surface area contributed by atoms with Gasteiger partial charge in [-0.1, -0.05) is 5.21 Å². The number of ether oxygens (including phenoxy) is 1. The van der Waals surface area contributed by atoms with E-state index >= 15 is 0 Å². The lowest BCUT2D eigenvalue weighted by Crippen LogP contribution is -2.33. The smallest absolute Gasteiger partial charge is 0.321 e. The number of hydrogen-bond donors (Lipinski definition) is 1. The van der Waals surface area contributed by atoms with Crippen LogP contribution in [0.3, 0.4) is 0 Å². The molecular formula is C16H21N5O2. The quantitative estimate of drug-likeness (QED) is 0.917. The van der Waals surface area contributed by atoms with Crippen LogP contribution in [0, 0.1) is 5.92 Å². The number of benzene rings is 1. The zero-order chi connectivity index (χ0) is 16.1. The minimum Gasteiger partial charge on any atom is -0.381 e. The lowest BCUT2D eigenvalue weighted by molar-refractivity contribution is 0.113. The summed E-state index contributed by atoms with van der Waals surface area (Å²) < 4.78 is 7.11. The molecule has 0 radical (unpaired) electrons. The summed E-state index contributed by atoms with van der Waals surface area (Å²) in [6.07, 6.45) is 4.40. The number of nitrogens with one attached hydrogen (secondary N) is 1. The molecule has 2 heterocycles. The number of likely N-dealkylation sites (tertiary alicyclic amines) is 1. The van der Waals surface area contributed by atoms with E-state index in [1.54, 1.807) is 17.1 Å². The minimum atomic E-state index is -0.0579. The van der Waals surface area contributed by atoms with Crippen LogP contribution < -0.4 is 5.32 Å². The molecule has 1 aromatic carbocycles. The predicted octanol–water partition coefficient (Wildman–Crippen LogP) is 2.16. The second kappa shape index (κ2) is 7.23. The Morgan fingerprint density at radius 3 is 2.91 bits per heavy atom. The van der Waals surface area contributed by atoms with E-state index in [1.807, 2.05) is 36.1 Å². The first-order chi connectivity index (χ1) is 11.3. The first kappa shape index (κ1) is 15.5. The summed E-state index contributed by atoms with van der Waals surface area (Å²) in [4.78, 5) is 14.1. The second-order valence-corrected chi connectivity index (χ2v) is 5.58. The Morgan fingerprint density at radius 2 is 2.22 bits per heavy atom. The van der Waals surface area contributed by atoms with Crippen molar-refractivity contribution in [1.29, 1.82) is 0 Å². The van der Waals surface area contributed by atoms with Crippen LogP contribution in [0.1, 0.15) is 13.3 Å². The summed E-state index contributed by atoms with van der Waals surface area (Å²) in [7, 11) is 0. The molecule has 23 heavy (non-hydrogen) atoms. The van der Waals surface area contributed by atoms with Crippen molar-refractivity contribution in [3.8, 4) is 5.69 Å². The molecule has 3 rings (SSSR count). The van der Waals surface area contributed by atoms with Crippen molar-refractivity contribution in [3.63, 3.8) is 0 Å². The molecule has 1 aromatic heterocycles. The number of carbonyl (C=O) groups excluding carboxylic acids is 1. The van der Waals surface area contributed by atoms with Gasteiger partial charge in [0, 0.05) is 31.3 Å². The molecule has 122 valence electrons. The molecule has 1 N–H and O–H groups in total. The van der Waals surface area contributed by atoms with Gasteiger partial charge in [0.05, 0.1) is 24.7 Å². The van der Waals surface area contributed by atoms with Crippen molar-refractivity contribution < 1.29 is 9.53 Å². The van der Waals surface area contributed by atoms with Gasteiger partial charge in [-0.2, -0.15) is 0 Å². The van der Waals surface area contributed by atoms with Crippen LogP contribution in [-0.4, -0.2) is 52.2 Å². The highest BCUT2D eigenvalue weighted by Crippen LogP contribution is 2.19. The number of hydrogen-bond acceptors (Lipinski definition) is 4. The lowest BCUT2D eigenvalue weighted by atomic mass is 10.1. The normalized spacial score (nSPS) is 17.4. The van der Waals surface area contributed by atoms with Gasteiger partial charge in [0.1, 0.15) is 0 Å². The highest BCUT2D eigenvalue weighted by atomic mass is 16.5. The van der Waals surface area contributed by atoms with E-state index < -0.39 is 0 Å². The van der Waals surface area contributed by atoms with Crippen LogP contribution in [0.15, 0.2) is 36.7 Å². The Balaban J connectivity index is 1.54.